The summed E-state index contributed by atoms with van der Waals surface area (Å²) in [6, 6.07) is 21.2. The highest BCUT2D eigenvalue weighted by atomic mass is 28.3. The van der Waals surface area contributed by atoms with Crippen molar-refractivity contribution < 1.29 is 9.53 Å². The lowest BCUT2D eigenvalue weighted by atomic mass is 10.2. The molecule has 0 fully saturated rings. The minimum atomic E-state index is -1.55. The van der Waals surface area contributed by atoms with E-state index in [0.717, 1.165) is 11.6 Å². The third-order valence-corrected chi connectivity index (χ3v) is 7.15. The van der Waals surface area contributed by atoms with Gasteiger partial charge in [-0.25, -0.2) is 0 Å². The molecule has 0 aliphatic carbocycles. The van der Waals surface area contributed by atoms with E-state index in [-0.39, 0.29) is 5.97 Å². The molecule has 21 heavy (non-hydrogen) atoms. The highest BCUT2D eigenvalue weighted by molar-refractivity contribution is 6.89. The molecule has 0 aromatic heterocycles. The fourth-order valence-corrected chi connectivity index (χ4v) is 4.47. The molecule has 0 heterocycles. The summed E-state index contributed by atoms with van der Waals surface area (Å²) in [5.74, 6) is -0.102. The van der Waals surface area contributed by atoms with Crippen LogP contribution in [0.25, 0.3) is 0 Å². The van der Waals surface area contributed by atoms with Crippen molar-refractivity contribution in [1.29, 1.82) is 0 Å². The molecule has 0 radical (unpaired) electrons. The van der Waals surface area contributed by atoms with Crippen LogP contribution in [0, 0.1) is 0 Å². The van der Waals surface area contributed by atoms with Crippen molar-refractivity contribution >= 4 is 19.2 Å². The van der Waals surface area contributed by atoms with Crippen molar-refractivity contribution in [3.63, 3.8) is 0 Å². The van der Waals surface area contributed by atoms with Gasteiger partial charge in [0.25, 0.3) is 0 Å². The third-order valence-electron chi connectivity index (χ3n) is 3.75. The van der Waals surface area contributed by atoms with Crippen molar-refractivity contribution in [3.8, 4) is 0 Å². The van der Waals surface area contributed by atoms with Crippen LogP contribution in [0.15, 0.2) is 60.7 Å². The van der Waals surface area contributed by atoms with Crippen molar-refractivity contribution in [3.05, 3.63) is 66.2 Å². The van der Waals surface area contributed by atoms with Gasteiger partial charge in [0.05, 0.1) is 8.07 Å². The third kappa shape index (κ3) is 4.87. The Morgan fingerprint density at radius 3 is 2.14 bits per heavy atom. The van der Waals surface area contributed by atoms with Crippen molar-refractivity contribution in [2.24, 2.45) is 0 Å². The highest BCUT2D eigenvalue weighted by Gasteiger charge is 2.24. The maximum Gasteiger partial charge on any atom is 0.305 e. The molecule has 0 spiro atoms. The Balaban J connectivity index is 1.81. The van der Waals surface area contributed by atoms with Crippen LogP contribution < -0.4 is 5.19 Å². The molecule has 2 nitrogen and oxygen atoms in total. The van der Waals surface area contributed by atoms with E-state index in [2.05, 4.69) is 37.4 Å². The molecule has 0 N–H and O–H groups in total. The molecule has 0 bridgehead atoms. The quantitative estimate of drug-likeness (QED) is 0.600. The van der Waals surface area contributed by atoms with Gasteiger partial charge < -0.3 is 4.74 Å². The number of hydrogen-bond acceptors (Lipinski definition) is 2. The van der Waals surface area contributed by atoms with Gasteiger partial charge in [-0.3, -0.25) is 4.79 Å². The SMILES string of the molecule is C[Si](C)(CCC(=O)OCc1ccccc1)c1ccccc1. The molecular formula is C18H22O2Si. The number of esters is 1. The summed E-state index contributed by atoms with van der Waals surface area (Å²) in [6.45, 7) is 4.96. The topological polar surface area (TPSA) is 26.3 Å². The first-order chi connectivity index (χ1) is 10.1. The molecule has 3 heteroatoms. The van der Waals surface area contributed by atoms with Gasteiger partial charge >= 0.3 is 5.97 Å². The van der Waals surface area contributed by atoms with Crippen LogP contribution >= 0.6 is 0 Å². The van der Waals surface area contributed by atoms with Gasteiger partial charge in [0, 0.05) is 6.42 Å². The van der Waals surface area contributed by atoms with Gasteiger partial charge in [-0.2, -0.15) is 0 Å². The van der Waals surface area contributed by atoms with Crippen molar-refractivity contribution in [1.82, 2.24) is 0 Å². The van der Waals surface area contributed by atoms with E-state index in [1.54, 1.807) is 0 Å². The maximum atomic E-state index is 11.9. The van der Waals surface area contributed by atoms with E-state index >= 15 is 0 Å². The fourth-order valence-electron chi connectivity index (χ4n) is 2.26. The Morgan fingerprint density at radius 1 is 0.952 bits per heavy atom. The summed E-state index contributed by atoms with van der Waals surface area (Å²) < 4.78 is 5.34. The number of rotatable bonds is 6. The van der Waals surface area contributed by atoms with E-state index in [1.165, 1.54) is 5.19 Å². The average molecular weight is 298 g/mol. The summed E-state index contributed by atoms with van der Waals surface area (Å²) in [7, 11) is -1.55. The van der Waals surface area contributed by atoms with Crippen LogP contribution in [0.4, 0.5) is 0 Å². The predicted molar refractivity (Wildman–Crippen MR) is 89.2 cm³/mol. The van der Waals surface area contributed by atoms with E-state index in [0.29, 0.717) is 13.0 Å². The molecule has 0 amide bonds. The first-order valence-corrected chi connectivity index (χ1v) is 10.5. The molecule has 0 aliphatic heterocycles. The minimum absolute atomic E-state index is 0.102. The van der Waals surface area contributed by atoms with Gasteiger partial charge in [0.2, 0.25) is 0 Å². The zero-order chi connectivity index (χ0) is 15.1. The second kappa shape index (κ2) is 7.23. The molecule has 2 aromatic carbocycles. The van der Waals surface area contributed by atoms with Gasteiger partial charge in [-0.1, -0.05) is 78.9 Å². The number of hydrogen-bond donors (Lipinski definition) is 0. The van der Waals surface area contributed by atoms with Crippen LogP contribution in [0.1, 0.15) is 12.0 Å². The van der Waals surface area contributed by atoms with Gasteiger partial charge in [0.1, 0.15) is 6.61 Å². The molecule has 0 saturated carbocycles. The molecular weight excluding hydrogens is 276 g/mol. The first kappa shape index (κ1) is 15.5. The molecule has 2 rings (SSSR count). The zero-order valence-electron chi connectivity index (χ0n) is 12.7. The second-order valence-corrected chi connectivity index (χ2v) is 10.7. The smallest absolute Gasteiger partial charge is 0.305 e. The Bertz CT molecular complexity index is 564. The van der Waals surface area contributed by atoms with E-state index in [9.17, 15) is 4.79 Å². The van der Waals surface area contributed by atoms with Gasteiger partial charge in [-0.15, -0.1) is 0 Å². The highest BCUT2D eigenvalue weighted by Crippen LogP contribution is 2.13. The monoisotopic (exact) mass is 298 g/mol. The van der Waals surface area contributed by atoms with Crippen LogP contribution in [0.5, 0.6) is 0 Å². The summed E-state index contributed by atoms with van der Waals surface area (Å²) in [4.78, 5) is 11.9. The Kier molecular flexibility index (Phi) is 5.34. The van der Waals surface area contributed by atoms with Crippen LogP contribution in [-0.4, -0.2) is 14.0 Å². The Labute approximate surface area is 127 Å². The van der Waals surface area contributed by atoms with E-state index in [4.69, 9.17) is 4.74 Å². The normalized spacial score (nSPS) is 11.1. The number of ether oxygens (including phenoxy) is 1. The lowest BCUT2D eigenvalue weighted by Gasteiger charge is -2.22. The van der Waals surface area contributed by atoms with Crippen LogP contribution in [-0.2, 0) is 16.1 Å². The Morgan fingerprint density at radius 2 is 1.52 bits per heavy atom. The number of benzene rings is 2. The standard InChI is InChI=1S/C18H22O2Si/c1-21(2,17-11-7-4-8-12-17)14-13-18(19)20-15-16-9-5-3-6-10-16/h3-12H,13-15H2,1-2H3. The summed E-state index contributed by atoms with van der Waals surface area (Å²) in [6.07, 6.45) is 0.501. The Hall–Kier alpha value is -1.87. The fraction of sp³-hybridized carbons (Fsp3) is 0.278. The number of carbonyl (C=O) groups is 1. The second-order valence-electron chi connectivity index (χ2n) is 5.90. The van der Waals surface area contributed by atoms with Gasteiger partial charge in [-0.05, 0) is 11.6 Å². The molecule has 0 atom stereocenters. The largest absolute Gasteiger partial charge is 0.461 e. The summed E-state index contributed by atoms with van der Waals surface area (Å²) in [5, 5.41) is 1.39. The molecule has 2 aromatic rings. The molecule has 110 valence electrons. The van der Waals surface area contributed by atoms with E-state index < -0.39 is 8.07 Å². The van der Waals surface area contributed by atoms with E-state index in [1.807, 2.05) is 36.4 Å². The number of carbonyl (C=O) groups excluding carboxylic acids is 1. The van der Waals surface area contributed by atoms with Crippen LogP contribution in [0.2, 0.25) is 19.1 Å². The van der Waals surface area contributed by atoms with Crippen molar-refractivity contribution in [2.45, 2.75) is 32.2 Å². The molecule has 0 aliphatic rings. The predicted octanol–water partition coefficient (Wildman–Crippen LogP) is 3.74. The maximum absolute atomic E-state index is 11.9. The summed E-state index contributed by atoms with van der Waals surface area (Å²) >= 11 is 0. The lowest BCUT2D eigenvalue weighted by Crippen LogP contribution is -2.41. The van der Waals surface area contributed by atoms with Crippen molar-refractivity contribution in [2.75, 3.05) is 0 Å². The zero-order valence-corrected chi connectivity index (χ0v) is 13.7. The van der Waals surface area contributed by atoms with Gasteiger partial charge in [0.15, 0.2) is 0 Å². The summed E-state index contributed by atoms with van der Waals surface area (Å²) in [5.41, 5.74) is 1.03. The molecule has 0 saturated heterocycles. The average Bonchev–Trinajstić information content (AvgIpc) is 2.53. The minimum Gasteiger partial charge on any atom is -0.461 e. The van der Waals surface area contributed by atoms with Crippen LogP contribution in [0.3, 0.4) is 0 Å². The lowest BCUT2D eigenvalue weighted by molar-refractivity contribution is -0.144. The molecule has 0 unspecified atom stereocenters. The first-order valence-electron chi connectivity index (χ1n) is 7.33.